The molecule has 0 saturated carbocycles. The van der Waals surface area contributed by atoms with Crippen molar-refractivity contribution in [1.82, 2.24) is 0 Å². The van der Waals surface area contributed by atoms with Gasteiger partial charge in [-0.05, 0) is 33.1 Å². The van der Waals surface area contributed by atoms with Crippen molar-refractivity contribution in [3.63, 3.8) is 0 Å². The molecule has 1 radical (unpaired) electrons. The Labute approximate surface area is 95.5 Å². The van der Waals surface area contributed by atoms with E-state index in [1.54, 1.807) is 0 Å². The Kier molecular flexibility index (Phi) is 8.33. The van der Waals surface area contributed by atoms with E-state index in [9.17, 15) is 0 Å². The van der Waals surface area contributed by atoms with E-state index in [-0.39, 0.29) is 0 Å². The fourth-order valence-electron chi connectivity index (χ4n) is 1.42. The molecule has 0 fully saturated rings. The molecule has 0 aromatic rings. The Bertz CT molecular complexity index is 134. The molecule has 0 rings (SSSR count). The van der Waals surface area contributed by atoms with E-state index in [2.05, 4.69) is 13.8 Å². The Morgan fingerprint density at radius 3 is 1.67 bits per heavy atom. The first-order valence-corrected chi connectivity index (χ1v) is 7.78. The zero-order valence-electron chi connectivity index (χ0n) is 10.5. The van der Waals surface area contributed by atoms with Crippen LogP contribution in [0.4, 0.5) is 0 Å². The van der Waals surface area contributed by atoms with E-state index in [4.69, 9.17) is 13.3 Å². The highest BCUT2D eigenvalue weighted by Gasteiger charge is 2.39. The Morgan fingerprint density at radius 1 is 1.00 bits per heavy atom. The van der Waals surface area contributed by atoms with E-state index in [1.165, 1.54) is 0 Å². The van der Waals surface area contributed by atoms with Crippen molar-refractivity contribution < 1.29 is 13.3 Å². The zero-order valence-corrected chi connectivity index (χ0v) is 11.5. The summed E-state index contributed by atoms with van der Waals surface area (Å²) in [4.78, 5) is 0. The molecule has 0 saturated heterocycles. The molecule has 0 aromatic heterocycles. The second-order valence-electron chi connectivity index (χ2n) is 3.63. The lowest BCUT2D eigenvalue weighted by Gasteiger charge is -2.28. The van der Waals surface area contributed by atoms with Crippen molar-refractivity contribution >= 4 is 8.80 Å². The zero-order chi connectivity index (χ0) is 11.7. The first kappa shape index (κ1) is 15.1. The molecule has 0 aliphatic heterocycles. The predicted molar refractivity (Wildman–Crippen MR) is 64.6 cm³/mol. The topological polar surface area (TPSA) is 27.7 Å². The fraction of sp³-hybridized carbons (Fsp3) is 0.909. The van der Waals surface area contributed by atoms with Gasteiger partial charge in [0.05, 0.1) is 0 Å². The molecule has 1 unspecified atom stereocenters. The Balaban J connectivity index is 4.31. The average molecular weight is 233 g/mol. The molecule has 4 heteroatoms. The van der Waals surface area contributed by atoms with E-state index >= 15 is 0 Å². The van der Waals surface area contributed by atoms with E-state index in [1.807, 2.05) is 20.8 Å². The minimum atomic E-state index is -2.40. The van der Waals surface area contributed by atoms with Crippen LogP contribution in [-0.4, -0.2) is 28.6 Å². The quantitative estimate of drug-likeness (QED) is 0.573. The van der Waals surface area contributed by atoms with Crippen molar-refractivity contribution in [2.24, 2.45) is 5.92 Å². The molecule has 0 aromatic carbocycles. The van der Waals surface area contributed by atoms with Crippen LogP contribution in [0.1, 0.15) is 34.1 Å². The summed E-state index contributed by atoms with van der Waals surface area (Å²) < 4.78 is 17.2. The van der Waals surface area contributed by atoms with Gasteiger partial charge in [0.15, 0.2) is 0 Å². The highest BCUT2D eigenvalue weighted by atomic mass is 28.4. The van der Waals surface area contributed by atoms with Gasteiger partial charge in [-0.3, -0.25) is 0 Å². The third-order valence-electron chi connectivity index (χ3n) is 2.04. The molecule has 0 bridgehead atoms. The molecule has 1 atom stereocenters. The molecular weight excluding hydrogens is 208 g/mol. The summed E-state index contributed by atoms with van der Waals surface area (Å²) in [7, 11) is -2.40. The highest BCUT2D eigenvalue weighted by molar-refractivity contribution is 6.60. The SMILES string of the molecule is [CH2]C(C)CC[Si](OCC)(OCC)OCC. The molecule has 0 N–H and O–H groups in total. The van der Waals surface area contributed by atoms with Gasteiger partial charge < -0.3 is 13.3 Å². The summed E-state index contributed by atoms with van der Waals surface area (Å²) in [6, 6.07) is 0.868. The van der Waals surface area contributed by atoms with E-state index in [0.717, 1.165) is 12.5 Å². The summed E-state index contributed by atoms with van der Waals surface area (Å²) >= 11 is 0. The monoisotopic (exact) mass is 233 g/mol. The van der Waals surface area contributed by atoms with Crippen molar-refractivity contribution in [3.05, 3.63) is 6.92 Å². The molecule has 0 aliphatic rings. The highest BCUT2D eigenvalue weighted by Crippen LogP contribution is 2.20. The van der Waals surface area contributed by atoms with E-state index < -0.39 is 8.80 Å². The van der Waals surface area contributed by atoms with E-state index in [0.29, 0.717) is 25.7 Å². The van der Waals surface area contributed by atoms with Gasteiger partial charge in [-0.1, -0.05) is 13.8 Å². The average Bonchev–Trinajstić information content (AvgIpc) is 2.16. The third kappa shape index (κ3) is 6.30. The summed E-state index contributed by atoms with van der Waals surface area (Å²) in [5, 5.41) is 0. The van der Waals surface area contributed by atoms with Gasteiger partial charge in [0.1, 0.15) is 0 Å². The molecule has 3 nitrogen and oxygen atoms in total. The summed E-state index contributed by atoms with van der Waals surface area (Å²) in [5.41, 5.74) is 0. The number of hydrogen-bond acceptors (Lipinski definition) is 3. The standard InChI is InChI=1S/C11H25O3Si/c1-6-12-15(13-7-2,14-8-3)10-9-11(4)5/h11H,4,6-10H2,1-3,5H3. The van der Waals surface area contributed by atoms with Gasteiger partial charge in [0.2, 0.25) is 0 Å². The van der Waals surface area contributed by atoms with Crippen LogP contribution < -0.4 is 0 Å². The normalized spacial score (nSPS) is 12.4. The maximum Gasteiger partial charge on any atom is 0.500 e. The lowest BCUT2D eigenvalue weighted by molar-refractivity contribution is 0.0701. The minimum Gasteiger partial charge on any atom is -0.374 e. The van der Waals surface area contributed by atoms with Crippen LogP contribution in [0, 0.1) is 12.8 Å². The molecule has 0 aliphatic carbocycles. The van der Waals surface area contributed by atoms with Crippen molar-refractivity contribution in [3.8, 4) is 0 Å². The lowest BCUT2D eigenvalue weighted by atomic mass is 10.2. The molecule has 91 valence electrons. The predicted octanol–water partition coefficient (Wildman–Crippen LogP) is 2.90. The second-order valence-corrected chi connectivity index (χ2v) is 6.36. The molecule has 0 amide bonds. The van der Waals surface area contributed by atoms with Gasteiger partial charge in [-0.15, -0.1) is 0 Å². The van der Waals surface area contributed by atoms with Gasteiger partial charge in [0.25, 0.3) is 0 Å². The van der Waals surface area contributed by atoms with Gasteiger partial charge in [0, 0.05) is 25.9 Å². The van der Waals surface area contributed by atoms with Gasteiger partial charge in [-0.2, -0.15) is 0 Å². The first-order chi connectivity index (χ1) is 7.10. The first-order valence-electron chi connectivity index (χ1n) is 5.85. The molecule has 0 spiro atoms. The molecule has 15 heavy (non-hydrogen) atoms. The summed E-state index contributed by atoms with van der Waals surface area (Å²) in [5.74, 6) is 0.415. The van der Waals surface area contributed by atoms with Crippen LogP contribution in [0.15, 0.2) is 0 Å². The minimum absolute atomic E-state index is 0.415. The maximum absolute atomic E-state index is 5.73. The Hall–Kier alpha value is 0.0969. The smallest absolute Gasteiger partial charge is 0.374 e. The fourth-order valence-corrected chi connectivity index (χ4v) is 4.27. The second kappa shape index (κ2) is 8.27. The van der Waals surface area contributed by atoms with Crippen LogP contribution in [0.2, 0.25) is 6.04 Å². The van der Waals surface area contributed by atoms with Crippen LogP contribution in [0.25, 0.3) is 0 Å². The lowest BCUT2D eigenvalue weighted by Crippen LogP contribution is -2.46. The number of rotatable bonds is 9. The van der Waals surface area contributed by atoms with Crippen LogP contribution in [0.3, 0.4) is 0 Å². The van der Waals surface area contributed by atoms with Gasteiger partial charge in [-0.25, -0.2) is 0 Å². The molecule has 0 heterocycles. The van der Waals surface area contributed by atoms with Crippen molar-refractivity contribution in [2.75, 3.05) is 19.8 Å². The van der Waals surface area contributed by atoms with Crippen LogP contribution in [-0.2, 0) is 13.3 Å². The van der Waals surface area contributed by atoms with Crippen molar-refractivity contribution in [2.45, 2.75) is 40.2 Å². The summed E-state index contributed by atoms with van der Waals surface area (Å²) in [6.07, 6.45) is 0.992. The number of hydrogen-bond donors (Lipinski definition) is 0. The van der Waals surface area contributed by atoms with Crippen molar-refractivity contribution in [1.29, 1.82) is 0 Å². The largest absolute Gasteiger partial charge is 0.500 e. The maximum atomic E-state index is 5.73. The van der Waals surface area contributed by atoms with Crippen LogP contribution in [0.5, 0.6) is 0 Å². The van der Waals surface area contributed by atoms with Gasteiger partial charge >= 0.3 is 8.80 Å². The van der Waals surface area contributed by atoms with Crippen LogP contribution >= 0.6 is 0 Å². The molecular formula is C11H25O3Si. The third-order valence-corrected chi connectivity index (χ3v) is 5.12. The Morgan fingerprint density at radius 2 is 1.40 bits per heavy atom. The summed E-state index contributed by atoms with van der Waals surface area (Å²) in [6.45, 7) is 14.0.